The van der Waals surface area contributed by atoms with Gasteiger partial charge in [0.1, 0.15) is 0 Å². The lowest BCUT2D eigenvalue weighted by atomic mass is 9.78. The number of rotatable bonds is 4. The number of hydrogen-bond donors (Lipinski definition) is 2. The van der Waals surface area contributed by atoms with E-state index in [2.05, 4.69) is 10.6 Å². The second-order valence-corrected chi connectivity index (χ2v) is 8.01. The Morgan fingerprint density at radius 2 is 1.32 bits per heavy atom. The summed E-state index contributed by atoms with van der Waals surface area (Å²) < 4.78 is 0. The molecule has 0 aliphatic heterocycles. The Balaban J connectivity index is 1.66. The molecule has 0 aromatic heterocycles. The highest BCUT2D eigenvalue weighted by molar-refractivity contribution is 6.35. The minimum atomic E-state index is -0.298. The molecular weight excluding hydrogens is 359 g/mol. The number of benzene rings is 1. The number of nitrogens with one attached hydrogen (secondary N) is 2. The van der Waals surface area contributed by atoms with Crippen LogP contribution in [0.2, 0.25) is 10.0 Å². The van der Waals surface area contributed by atoms with Crippen LogP contribution in [0.4, 0.5) is 5.69 Å². The Labute approximate surface area is 158 Å². The lowest BCUT2D eigenvalue weighted by Crippen LogP contribution is -2.44. The lowest BCUT2D eigenvalue weighted by Gasteiger charge is -2.30. The number of hydrogen-bond acceptors (Lipinski definition) is 2. The third kappa shape index (κ3) is 4.89. The molecule has 2 N–H and O–H groups in total. The normalized spacial score (nSPS) is 24.1. The van der Waals surface area contributed by atoms with Crippen LogP contribution in [-0.2, 0) is 9.59 Å². The highest BCUT2D eigenvalue weighted by Gasteiger charge is 2.36. The molecule has 0 unspecified atom stereocenters. The van der Waals surface area contributed by atoms with E-state index in [1.54, 1.807) is 18.2 Å². The molecule has 0 radical (unpaired) electrons. The molecule has 136 valence electrons. The average molecular weight is 383 g/mol. The van der Waals surface area contributed by atoms with Crippen molar-refractivity contribution in [2.24, 2.45) is 11.8 Å². The molecular formula is C19H24Cl2N2O2. The van der Waals surface area contributed by atoms with Gasteiger partial charge in [0, 0.05) is 33.6 Å². The molecule has 2 fully saturated rings. The van der Waals surface area contributed by atoms with Gasteiger partial charge in [-0.2, -0.15) is 0 Å². The first kappa shape index (κ1) is 18.5. The molecule has 2 amide bonds. The van der Waals surface area contributed by atoms with E-state index >= 15 is 0 Å². The fourth-order valence-corrected chi connectivity index (χ4v) is 4.52. The van der Waals surface area contributed by atoms with Crippen LogP contribution in [0, 0.1) is 11.8 Å². The summed E-state index contributed by atoms with van der Waals surface area (Å²) in [4.78, 5) is 25.5. The van der Waals surface area contributed by atoms with Gasteiger partial charge in [0.05, 0.1) is 0 Å². The summed E-state index contributed by atoms with van der Waals surface area (Å²) in [5.74, 6) is -0.627. The summed E-state index contributed by atoms with van der Waals surface area (Å²) in [5, 5.41) is 6.99. The average Bonchev–Trinajstić information content (AvgIpc) is 3.06. The topological polar surface area (TPSA) is 58.2 Å². The van der Waals surface area contributed by atoms with Crippen molar-refractivity contribution in [3.05, 3.63) is 28.2 Å². The molecule has 0 bridgehead atoms. The van der Waals surface area contributed by atoms with Gasteiger partial charge < -0.3 is 10.6 Å². The zero-order chi connectivity index (χ0) is 17.8. The molecule has 2 atom stereocenters. The Bertz CT molecular complexity index is 624. The van der Waals surface area contributed by atoms with E-state index in [1.165, 1.54) is 12.8 Å². The number of carbonyl (C=O) groups is 2. The van der Waals surface area contributed by atoms with Crippen molar-refractivity contribution in [3.63, 3.8) is 0 Å². The predicted molar refractivity (Wildman–Crippen MR) is 101 cm³/mol. The van der Waals surface area contributed by atoms with E-state index in [1.807, 2.05) is 0 Å². The highest BCUT2D eigenvalue weighted by atomic mass is 35.5. The van der Waals surface area contributed by atoms with Crippen LogP contribution in [0.5, 0.6) is 0 Å². The SMILES string of the molecule is O=C(Nc1cc(Cl)cc(Cl)c1)[C@H]1CCCC[C@H]1C(=O)NC1CCCC1. The zero-order valence-electron chi connectivity index (χ0n) is 14.2. The molecule has 2 saturated carbocycles. The fraction of sp³-hybridized carbons (Fsp3) is 0.579. The molecule has 2 aliphatic rings. The molecule has 0 saturated heterocycles. The standard InChI is InChI=1S/C19H24Cl2N2O2/c20-12-9-13(21)11-15(10-12)23-19(25)17-8-4-3-7-16(17)18(24)22-14-5-1-2-6-14/h9-11,14,16-17H,1-8H2,(H,22,24)(H,23,25)/t16-,17+/m1/s1. The molecule has 4 nitrogen and oxygen atoms in total. The number of halogens is 2. The lowest BCUT2D eigenvalue weighted by molar-refractivity contribution is -0.134. The van der Waals surface area contributed by atoms with Gasteiger partial charge in [-0.3, -0.25) is 9.59 Å². The van der Waals surface area contributed by atoms with Crippen LogP contribution in [0.1, 0.15) is 51.4 Å². The molecule has 0 spiro atoms. The van der Waals surface area contributed by atoms with Gasteiger partial charge in [0.15, 0.2) is 0 Å². The van der Waals surface area contributed by atoms with E-state index in [-0.39, 0.29) is 29.7 Å². The van der Waals surface area contributed by atoms with Crippen LogP contribution < -0.4 is 10.6 Å². The van der Waals surface area contributed by atoms with E-state index in [0.717, 1.165) is 38.5 Å². The maximum atomic E-state index is 12.8. The second-order valence-electron chi connectivity index (χ2n) is 7.13. The molecule has 0 heterocycles. The summed E-state index contributed by atoms with van der Waals surface area (Å²) >= 11 is 12.0. The van der Waals surface area contributed by atoms with Crippen molar-refractivity contribution < 1.29 is 9.59 Å². The van der Waals surface area contributed by atoms with Crippen molar-refractivity contribution in [3.8, 4) is 0 Å². The monoisotopic (exact) mass is 382 g/mol. The molecule has 1 aromatic carbocycles. The maximum Gasteiger partial charge on any atom is 0.228 e. The minimum Gasteiger partial charge on any atom is -0.353 e. The Morgan fingerprint density at radius 1 is 0.800 bits per heavy atom. The summed E-state index contributed by atoms with van der Waals surface area (Å²) in [5.41, 5.74) is 0.572. The maximum absolute atomic E-state index is 12.8. The largest absolute Gasteiger partial charge is 0.353 e. The van der Waals surface area contributed by atoms with Gasteiger partial charge >= 0.3 is 0 Å². The van der Waals surface area contributed by atoms with E-state index in [0.29, 0.717) is 15.7 Å². The van der Waals surface area contributed by atoms with Crippen LogP contribution in [-0.4, -0.2) is 17.9 Å². The van der Waals surface area contributed by atoms with Crippen LogP contribution in [0.3, 0.4) is 0 Å². The smallest absolute Gasteiger partial charge is 0.228 e. The summed E-state index contributed by atoms with van der Waals surface area (Å²) in [6.07, 6.45) is 7.93. The zero-order valence-corrected chi connectivity index (χ0v) is 15.7. The third-order valence-corrected chi connectivity index (χ3v) is 5.71. The van der Waals surface area contributed by atoms with Crippen molar-refractivity contribution in [1.82, 2.24) is 5.32 Å². The van der Waals surface area contributed by atoms with Crippen molar-refractivity contribution >= 4 is 40.7 Å². The van der Waals surface area contributed by atoms with Gasteiger partial charge in [0.25, 0.3) is 0 Å². The Hall–Kier alpha value is -1.26. The van der Waals surface area contributed by atoms with Gasteiger partial charge in [0.2, 0.25) is 11.8 Å². The van der Waals surface area contributed by atoms with Gasteiger partial charge in [-0.15, -0.1) is 0 Å². The third-order valence-electron chi connectivity index (χ3n) is 5.27. The van der Waals surface area contributed by atoms with Crippen LogP contribution in [0.25, 0.3) is 0 Å². The highest BCUT2D eigenvalue weighted by Crippen LogP contribution is 2.32. The van der Waals surface area contributed by atoms with E-state index in [9.17, 15) is 9.59 Å². The van der Waals surface area contributed by atoms with Crippen molar-refractivity contribution in [2.75, 3.05) is 5.32 Å². The van der Waals surface area contributed by atoms with Crippen molar-refractivity contribution in [1.29, 1.82) is 0 Å². The van der Waals surface area contributed by atoms with Gasteiger partial charge in [-0.25, -0.2) is 0 Å². The Morgan fingerprint density at radius 3 is 1.92 bits per heavy atom. The van der Waals surface area contributed by atoms with Crippen molar-refractivity contribution in [2.45, 2.75) is 57.4 Å². The van der Waals surface area contributed by atoms with Gasteiger partial charge in [-0.05, 0) is 43.9 Å². The molecule has 2 aliphatic carbocycles. The predicted octanol–water partition coefficient (Wildman–Crippen LogP) is 4.80. The summed E-state index contributed by atoms with van der Waals surface area (Å²) in [6, 6.07) is 5.24. The van der Waals surface area contributed by atoms with E-state index < -0.39 is 0 Å². The van der Waals surface area contributed by atoms with E-state index in [4.69, 9.17) is 23.2 Å². The first-order chi connectivity index (χ1) is 12.0. The number of carbonyl (C=O) groups excluding carboxylic acids is 2. The number of amides is 2. The summed E-state index contributed by atoms with van der Waals surface area (Å²) in [7, 11) is 0. The molecule has 3 rings (SSSR count). The first-order valence-corrected chi connectivity index (χ1v) is 9.86. The van der Waals surface area contributed by atoms with Crippen LogP contribution in [0.15, 0.2) is 18.2 Å². The van der Waals surface area contributed by atoms with Gasteiger partial charge in [-0.1, -0.05) is 48.9 Å². The first-order valence-electron chi connectivity index (χ1n) is 9.10. The second kappa shape index (κ2) is 8.41. The fourth-order valence-electron chi connectivity index (χ4n) is 4.00. The Kier molecular flexibility index (Phi) is 6.24. The molecule has 25 heavy (non-hydrogen) atoms. The minimum absolute atomic E-state index is 0.0378. The number of anilines is 1. The van der Waals surface area contributed by atoms with Crippen LogP contribution >= 0.6 is 23.2 Å². The molecule has 6 heteroatoms. The quantitative estimate of drug-likeness (QED) is 0.785. The molecule has 1 aromatic rings. The summed E-state index contributed by atoms with van der Waals surface area (Å²) in [6.45, 7) is 0.